The highest BCUT2D eigenvalue weighted by atomic mass is 127. The number of unbranched alkanes of at least 4 members (excludes halogenated alkanes) is 1. The summed E-state index contributed by atoms with van der Waals surface area (Å²) in [5, 5.41) is 6.47. The first-order valence-corrected chi connectivity index (χ1v) is 9.55. The monoisotopic (exact) mass is 503 g/mol. The Hall–Kier alpha value is -0.970. The minimum atomic E-state index is -2.88. The average Bonchev–Trinajstić information content (AvgIpc) is 2.59. The molecule has 150 valence electrons. The zero-order valence-electron chi connectivity index (χ0n) is 15.4. The highest BCUT2D eigenvalue weighted by Gasteiger charge is 2.11. The Balaban J connectivity index is 0.00000625. The first kappa shape index (κ1) is 25.0. The van der Waals surface area contributed by atoms with Crippen LogP contribution in [0.2, 0.25) is 0 Å². The molecule has 1 aromatic rings. The first-order valence-electron chi connectivity index (χ1n) is 8.16. The van der Waals surface area contributed by atoms with Crippen LogP contribution in [0.5, 0.6) is 11.5 Å². The summed E-state index contributed by atoms with van der Waals surface area (Å²) in [6, 6.07) is 5.04. The maximum absolute atomic E-state index is 12.5. The van der Waals surface area contributed by atoms with Crippen LogP contribution in [0.4, 0.5) is 8.78 Å². The van der Waals surface area contributed by atoms with Gasteiger partial charge in [0.15, 0.2) is 17.5 Å². The van der Waals surface area contributed by atoms with Crippen molar-refractivity contribution >= 4 is 41.7 Å². The van der Waals surface area contributed by atoms with Crippen LogP contribution in [0.1, 0.15) is 18.4 Å². The van der Waals surface area contributed by atoms with Crippen LogP contribution in [0, 0.1) is 0 Å². The van der Waals surface area contributed by atoms with Crippen molar-refractivity contribution in [3.63, 3.8) is 0 Å². The average molecular weight is 503 g/mol. The molecule has 26 heavy (non-hydrogen) atoms. The molecule has 1 rings (SSSR count). The smallest absolute Gasteiger partial charge is 0.387 e. The molecule has 0 heterocycles. The van der Waals surface area contributed by atoms with E-state index in [2.05, 4.69) is 26.6 Å². The number of guanidine groups is 1. The van der Waals surface area contributed by atoms with Crippen LogP contribution in [-0.2, 0) is 6.42 Å². The molecule has 1 aromatic carbocycles. The van der Waals surface area contributed by atoms with Gasteiger partial charge < -0.3 is 20.1 Å². The zero-order chi connectivity index (χ0) is 18.5. The molecule has 0 fully saturated rings. The van der Waals surface area contributed by atoms with Crippen molar-refractivity contribution in [1.82, 2.24) is 10.6 Å². The largest absolute Gasteiger partial charge is 0.493 e. The molecular formula is C17H28F2IN3O2S. The lowest BCUT2D eigenvalue weighted by Gasteiger charge is -2.13. The van der Waals surface area contributed by atoms with Gasteiger partial charge in [-0.05, 0) is 49.0 Å². The number of hydrogen-bond donors (Lipinski definition) is 2. The Bertz CT molecular complexity index is 537. The Kier molecular flexibility index (Phi) is 14.6. The van der Waals surface area contributed by atoms with Gasteiger partial charge >= 0.3 is 6.61 Å². The van der Waals surface area contributed by atoms with E-state index in [-0.39, 0.29) is 29.7 Å². The summed E-state index contributed by atoms with van der Waals surface area (Å²) in [4.78, 5) is 4.17. The minimum absolute atomic E-state index is 0. The number of benzene rings is 1. The van der Waals surface area contributed by atoms with E-state index in [1.165, 1.54) is 13.5 Å². The van der Waals surface area contributed by atoms with Gasteiger partial charge in [-0.15, -0.1) is 24.0 Å². The van der Waals surface area contributed by atoms with Crippen molar-refractivity contribution < 1.29 is 18.3 Å². The topological polar surface area (TPSA) is 54.9 Å². The summed E-state index contributed by atoms with van der Waals surface area (Å²) in [7, 11) is 3.14. The van der Waals surface area contributed by atoms with Crippen molar-refractivity contribution in [2.45, 2.75) is 25.9 Å². The third-order valence-corrected chi connectivity index (χ3v) is 4.14. The fourth-order valence-corrected chi connectivity index (χ4v) is 2.68. The van der Waals surface area contributed by atoms with Crippen molar-refractivity contribution in [2.24, 2.45) is 4.99 Å². The third kappa shape index (κ3) is 10.2. The molecule has 0 amide bonds. The van der Waals surface area contributed by atoms with E-state index in [9.17, 15) is 8.78 Å². The van der Waals surface area contributed by atoms with E-state index in [0.29, 0.717) is 18.7 Å². The van der Waals surface area contributed by atoms with Gasteiger partial charge in [0.25, 0.3) is 0 Å². The molecule has 0 unspecified atom stereocenters. The van der Waals surface area contributed by atoms with E-state index in [1.807, 2.05) is 17.8 Å². The number of nitrogens with one attached hydrogen (secondary N) is 2. The number of nitrogens with zero attached hydrogens (tertiary/aromatic N) is 1. The molecule has 0 saturated carbocycles. The Morgan fingerprint density at radius 1 is 1.19 bits per heavy atom. The van der Waals surface area contributed by atoms with Crippen LogP contribution in [-0.4, -0.2) is 51.8 Å². The van der Waals surface area contributed by atoms with Crippen LogP contribution in [0.25, 0.3) is 0 Å². The van der Waals surface area contributed by atoms with Gasteiger partial charge in [0.2, 0.25) is 0 Å². The SMILES string of the molecule is CN=C(NCCCCSC)NCCc1ccc(OC)c(OC(F)F)c1.I. The summed E-state index contributed by atoms with van der Waals surface area (Å²) < 4.78 is 34.4. The molecular weight excluding hydrogens is 475 g/mol. The zero-order valence-corrected chi connectivity index (χ0v) is 18.5. The summed E-state index contributed by atoms with van der Waals surface area (Å²) in [6.45, 7) is -1.38. The van der Waals surface area contributed by atoms with Gasteiger partial charge in [0.05, 0.1) is 7.11 Å². The number of alkyl halides is 2. The minimum Gasteiger partial charge on any atom is -0.493 e. The molecule has 5 nitrogen and oxygen atoms in total. The van der Waals surface area contributed by atoms with Gasteiger partial charge in [-0.25, -0.2) is 0 Å². The molecule has 0 radical (unpaired) electrons. The highest BCUT2D eigenvalue weighted by molar-refractivity contribution is 14.0. The predicted molar refractivity (Wildman–Crippen MR) is 116 cm³/mol. The van der Waals surface area contributed by atoms with Gasteiger partial charge in [-0.1, -0.05) is 6.07 Å². The molecule has 0 aliphatic carbocycles. The number of ether oxygens (including phenoxy) is 2. The van der Waals surface area contributed by atoms with Crippen LogP contribution in [0.3, 0.4) is 0 Å². The van der Waals surface area contributed by atoms with Gasteiger partial charge in [-0.2, -0.15) is 20.5 Å². The molecule has 0 spiro atoms. The normalized spacial score (nSPS) is 11.1. The summed E-state index contributed by atoms with van der Waals surface area (Å²) in [5.74, 6) is 2.24. The highest BCUT2D eigenvalue weighted by Crippen LogP contribution is 2.29. The Morgan fingerprint density at radius 3 is 2.54 bits per heavy atom. The second-order valence-corrected chi connectivity index (χ2v) is 6.22. The number of halogens is 3. The maximum Gasteiger partial charge on any atom is 0.387 e. The number of methoxy groups -OCH3 is 1. The Labute approximate surface area is 175 Å². The van der Waals surface area contributed by atoms with E-state index < -0.39 is 6.61 Å². The number of rotatable bonds is 11. The Morgan fingerprint density at radius 2 is 1.92 bits per heavy atom. The lowest BCUT2D eigenvalue weighted by molar-refractivity contribution is -0.0512. The van der Waals surface area contributed by atoms with E-state index in [0.717, 1.165) is 30.2 Å². The molecule has 0 aliphatic rings. The van der Waals surface area contributed by atoms with Crippen molar-refractivity contribution in [2.75, 3.05) is 39.3 Å². The second kappa shape index (κ2) is 15.1. The van der Waals surface area contributed by atoms with E-state index >= 15 is 0 Å². The summed E-state index contributed by atoms with van der Waals surface area (Å²) in [6.07, 6.45) is 5.01. The molecule has 0 aromatic heterocycles. The van der Waals surface area contributed by atoms with Crippen molar-refractivity contribution in [1.29, 1.82) is 0 Å². The summed E-state index contributed by atoms with van der Waals surface area (Å²) >= 11 is 1.85. The summed E-state index contributed by atoms with van der Waals surface area (Å²) in [5.41, 5.74) is 0.874. The number of aliphatic imine (C=N–C) groups is 1. The molecule has 0 bridgehead atoms. The second-order valence-electron chi connectivity index (χ2n) is 5.24. The van der Waals surface area contributed by atoms with Crippen LogP contribution >= 0.6 is 35.7 Å². The maximum atomic E-state index is 12.5. The van der Waals surface area contributed by atoms with Crippen LogP contribution < -0.4 is 20.1 Å². The number of thioether (sulfide) groups is 1. The van der Waals surface area contributed by atoms with Gasteiger partial charge in [0, 0.05) is 20.1 Å². The molecule has 0 saturated heterocycles. The van der Waals surface area contributed by atoms with Crippen molar-refractivity contribution in [3.8, 4) is 11.5 Å². The van der Waals surface area contributed by atoms with Crippen molar-refractivity contribution in [3.05, 3.63) is 23.8 Å². The van der Waals surface area contributed by atoms with Gasteiger partial charge in [0.1, 0.15) is 0 Å². The fourth-order valence-electron chi connectivity index (χ4n) is 2.19. The van der Waals surface area contributed by atoms with Gasteiger partial charge in [-0.3, -0.25) is 4.99 Å². The molecule has 9 heteroatoms. The molecule has 0 atom stereocenters. The lowest BCUT2D eigenvalue weighted by Crippen LogP contribution is -2.38. The number of hydrogen-bond acceptors (Lipinski definition) is 4. The lowest BCUT2D eigenvalue weighted by atomic mass is 10.1. The quantitative estimate of drug-likeness (QED) is 0.209. The van der Waals surface area contributed by atoms with E-state index in [4.69, 9.17) is 4.74 Å². The molecule has 0 aliphatic heterocycles. The van der Waals surface area contributed by atoms with E-state index in [1.54, 1.807) is 19.2 Å². The molecule has 2 N–H and O–H groups in total. The fraction of sp³-hybridized carbons (Fsp3) is 0.588. The predicted octanol–water partition coefficient (Wildman–Crippen LogP) is 3.77. The standard InChI is InChI=1S/C17H27F2N3O2S.HI/c1-20-17(21-9-4-5-11-25-3)22-10-8-13-6-7-14(23-2)15(12-13)24-16(18)19;/h6-7,12,16H,4-5,8-11H2,1-3H3,(H2,20,21,22);1H. The first-order chi connectivity index (χ1) is 12.1. The third-order valence-electron chi connectivity index (χ3n) is 3.44. The van der Waals surface area contributed by atoms with Crippen LogP contribution in [0.15, 0.2) is 23.2 Å².